The molecule has 1 saturated carbocycles. The van der Waals surface area contributed by atoms with Gasteiger partial charge in [0.15, 0.2) is 5.96 Å². The molecule has 3 rings (SSSR count). The lowest BCUT2D eigenvalue weighted by Gasteiger charge is -2.24. The largest absolute Gasteiger partial charge is 0.370 e. The first-order valence-electron chi connectivity index (χ1n) is 4.95. The van der Waals surface area contributed by atoms with Crippen LogP contribution in [0.1, 0.15) is 23.9 Å². The molecule has 80 valence electrons. The van der Waals surface area contributed by atoms with E-state index in [9.17, 15) is 0 Å². The third kappa shape index (κ3) is 1.59. The molecule has 15 heavy (non-hydrogen) atoms. The van der Waals surface area contributed by atoms with E-state index in [4.69, 9.17) is 17.3 Å². The molecule has 2 N–H and O–H groups in total. The zero-order valence-corrected chi connectivity index (χ0v) is 9.63. The molecular formula is C9H11ClN4S. The average molecular weight is 243 g/mol. The second-order valence-electron chi connectivity index (χ2n) is 3.86. The van der Waals surface area contributed by atoms with Crippen LogP contribution in [0.25, 0.3) is 0 Å². The van der Waals surface area contributed by atoms with E-state index in [-0.39, 0.29) is 6.04 Å². The lowest BCUT2D eigenvalue weighted by Crippen LogP contribution is -2.37. The Bertz CT molecular complexity index is 412. The van der Waals surface area contributed by atoms with Gasteiger partial charge in [-0.05, 0) is 12.8 Å². The van der Waals surface area contributed by atoms with E-state index in [2.05, 4.69) is 14.9 Å². The summed E-state index contributed by atoms with van der Waals surface area (Å²) in [6, 6.07) is 0.791. The number of thiazole rings is 1. The van der Waals surface area contributed by atoms with Crippen LogP contribution < -0.4 is 5.73 Å². The predicted octanol–water partition coefficient (Wildman–Crippen LogP) is 1.63. The highest BCUT2D eigenvalue weighted by molar-refractivity contribution is 7.15. The van der Waals surface area contributed by atoms with Gasteiger partial charge in [0.2, 0.25) is 0 Å². The minimum absolute atomic E-state index is 0.218. The number of aliphatic imine (C=N–C) groups is 1. The van der Waals surface area contributed by atoms with Crippen LogP contribution in [0.2, 0.25) is 4.34 Å². The summed E-state index contributed by atoms with van der Waals surface area (Å²) in [5, 5.41) is 1.02. The fourth-order valence-corrected chi connectivity index (χ4v) is 2.94. The molecule has 1 aromatic heterocycles. The molecule has 4 nitrogen and oxygen atoms in total. The van der Waals surface area contributed by atoms with Crippen molar-refractivity contribution in [2.75, 3.05) is 6.54 Å². The number of nitrogens with zero attached hydrogens (tertiary/aromatic N) is 3. The first-order chi connectivity index (χ1) is 7.25. The molecule has 1 unspecified atom stereocenters. The molecule has 2 heterocycles. The van der Waals surface area contributed by atoms with Crippen molar-refractivity contribution in [3.05, 3.63) is 15.5 Å². The van der Waals surface area contributed by atoms with Crippen molar-refractivity contribution in [1.29, 1.82) is 0 Å². The van der Waals surface area contributed by atoms with Crippen molar-refractivity contribution >= 4 is 28.9 Å². The third-order valence-corrected chi connectivity index (χ3v) is 3.96. The highest BCUT2D eigenvalue weighted by Crippen LogP contribution is 2.38. The number of aromatic nitrogens is 1. The van der Waals surface area contributed by atoms with Crippen LogP contribution >= 0.6 is 22.9 Å². The fraction of sp³-hybridized carbons (Fsp3) is 0.556. The number of hydrogen-bond acceptors (Lipinski definition) is 5. The zero-order valence-electron chi connectivity index (χ0n) is 8.06. The van der Waals surface area contributed by atoms with E-state index in [1.165, 1.54) is 24.2 Å². The summed E-state index contributed by atoms with van der Waals surface area (Å²) in [5.41, 5.74) is 5.87. The summed E-state index contributed by atoms with van der Waals surface area (Å²) in [6.07, 6.45) is 4.12. The number of guanidine groups is 1. The maximum Gasteiger partial charge on any atom is 0.192 e. The Hall–Kier alpha value is -0.810. The highest BCUT2D eigenvalue weighted by atomic mass is 35.5. The summed E-state index contributed by atoms with van der Waals surface area (Å²) in [6.45, 7) is 0.714. The summed E-state index contributed by atoms with van der Waals surface area (Å²) >= 11 is 7.41. The van der Waals surface area contributed by atoms with Gasteiger partial charge in [-0.15, -0.1) is 11.3 Å². The van der Waals surface area contributed by atoms with Crippen LogP contribution in [-0.2, 0) is 0 Å². The van der Waals surface area contributed by atoms with Crippen molar-refractivity contribution in [2.24, 2.45) is 10.7 Å². The molecule has 1 fully saturated rings. The molecular weight excluding hydrogens is 232 g/mol. The Balaban J connectivity index is 1.87. The topological polar surface area (TPSA) is 54.5 Å². The van der Waals surface area contributed by atoms with Gasteiger partial charge in [-0.3, -0.25) is 4.99 Å². The minimum Gasteiger partial charge on any atom is -0.370 e. The highest BCUT2D eigenvalue weighted by Gasteiger charge is 2.40. The van der Waals surface area contributed by atoms with Crippen molar-refractivity contribution in [1.82, 2.24) is 9.88 Å². The molecule has 0 radical (unpaired) electrons. The van der Waals surface area contributed by atoms with E-state index < -0.39 is 0 Å². The van der Waals surface area contributed by atoms with Gasteiger partial charge in [-0.25, -0.2) is 4.98 Å². The molecule has 0 spiro atoms. The van der Waals surface area contributed by atoms with E-state index in [1.807, 2.05) is 0 Å². The zero-order chi connectivity index (χ0) is 10.4. The molecule has 0 aromatic carbocycles. The van der Waals surface area contributed by atoms with Crippen LogP contribution in [0.4, 0.5) is 0 Å². The van der Waals surface area contributed by atoms with E-state index in [0.717, 1.165) is 9.34 Å². The molecule has 1 atom stereocenters. The lowest BCUT2D eigenvalue weighted by molar-refractivity contribution is 0.337. The van der Waals surface area contributed by atoms with Crippen LogP contribution in [0.5, 0.6) is 0 Å². The maximum absolute atomic E-state index is 5.89. The minimum atomic E-state index is 0.218. The molecule has 1 aromatic rings. The molecule has 0 bridgehead atoms. The SMILES string of the molecule is NC1=NCC(c2ncc(Cl)s2)N1C1CC1. The summed E-state index contributed by atoms with van der Waals surface area (Å²) in [4.78, 5) is 10.8. The second-order valence-corrected chi connectivity index (χ2v) is 5.55. The van der Waals surface area contributed by atoms with Gasteiger partial charge in [0.1, 0.15) is 15.4 Å². The summed E-state index contributed by atoms with van der Waals surface area (Å²) in [7, 11) is 0. The van der Waals surface area contributed by atoms with Gasteiger partial charge in [0, 0.05) is 6.04 Å². The molecule has 1 aliphatic heterocycles. The van der Waals surface area contributed by atoms with Crippen LogP contribution in [0.15, 0.2) is 11.2 Å². The fourth-order valence-electron chi connectivity index (χ4n) is 1.92. The Labute approximate surface area is 96.8 Å². The number of halogens is 1. The first-order valence-corrected chi connectivity index (χ1v) is 6.14. The van der Waals surface area contributed by atoms with Crippen LogP contribution in [0.3, 0.4) is 0 Å². The second kappa shape index (κ2) is 3.35. The molecule has 0 saturated heterocycles. The van der Waals surface area contributed by atoms with E-state index in [1.54, 1.807) is 6.20 Å². The Morgan fingerprint density at radius 1 is 1.53 bits per heavy atom. The average Bonchev–Trinajstić information content (AvgIpc) is 2.84. The monoisotopic (exact) mass is 242 g/mol. The quantitative estimate of drug-likeness (QED) is 0.858. The summed E-state index contributed by atoms with van der Waals surface area (Å²) < 4.78 is 0.728. The molecule has 6 heteroatoms. The van der Waals surface area contributed by atoms with Gasteiger partial charge in [0.25, 0.3) is 0 Å². The Morgan fingerprint density at radius 3 is 2.93 bits per heavy atom. The number of rotatable bonds is 2. The third-order valence-electron chi connectivity index (χ3n) is 2.75. The van der Waals surface area contributed by atoms with Gasteiger partial charge in [-0.1, -0.05) is 11.6 Å². The van der Waals surface area contributed by atoms with Crippen LogP contribution in [-0.4, -0.2) is 28.4 Å². The van der Waals surface area contributed by atoms with Crippen LogP contribution in [0, 0.1) is 0 Å². The van der Waals surface area contributed by atoms with Crippen molar-refractivity contribution in [2.45, 2.75) is 24.9 Å². The normalized spacial score (nSPS) is 25.8. The number of nitrogens with two attached hydrogens (primary N) is 1. The van der Waals surface area contributed by atoms with Crippen molar-refractivity contribution in [3.8, 4) is 0 Å². The smallest absolute Gasteiger partial charge is 0.192 e. The standard InChI is InChI=1S/C9H11ClN4S/c10-7-4-12-8(15-7)6-3-13-9(11)14(6)5-1-2-5/h4-6H,1-3H2,(H2,11,13). The number of hydrogen-bond donors (Lipinski definition) is 1. The maximum atomic E-state index is 5.89. The van der Waals surface area contributed by atoms with Gasteiger partial charge in [0.05, 0.1) is 12.7 Å². The lowest BCUT2D eigenvalue weighted by atomic mass is 10.3. The predicted molar refractivity (Wildman–Crippen MR) is 61.2 cm³/mol. The van der Waals surface area contributed by atoms with E-state index >= 15 is 0 Å². The van der Waals surface area contributed by atoms with Gasteiger partial charge < -0.3 is 10.6 Å². The summed E-state index contributed by atoms with van der Waals surface area (Å²) in [5.74, 6) is 0.661. The first kappa shape index (κ1) is 9.42. The van der Waals surface area contributed by atoms with E-state index in [0.29, 0.717) is 18.5 Å². The van der Waals surface area contributed by atoms with Crippen molar-refractivity contribution < 1.29 is 0 Å². The molecule has 1 aliphatic carbocycles. The molecule has 0 amide bonds. The molecule has 2 aliphatic rings. The Kier molecular flexibility index (Phi) is 2.10. The van der Waals surface area contributed by atoms with Gasteiger partial charge >= 0.3 is 0 Å². The Morgan fingerprint density at radius 2 is 2.33 bits per heavy atom. The van der Waals surface area contributed by atoms with Crippen molar-refractivity contribution in [3.63, 3.8) is 0 Å². The van der Waals surface area contributed by atoms with Gasteiger partial charge in [-0.2, -0.15) is 0 Å².